The quantitative estimate of drug-likeness (QED) is 0.602. The van der Waals surface area contributed by atoms with Crippen molar-refractivity contribution in [3.8, 4) is 11.4 Å². The summed E-state index contributed by atoms with van der Waals surface area (Å²) in [6.45, 7) is 4.18. The summed E-state index contributed by atoms with van der Waals surface area (Å²) in [5.74, 6) is 0.809. The Labute approximate surface area is 156 Å². The lowest BCUT2D eigenvalue weighted by Gasteiger charge is -2.13. The van der Waals surface area contributed by atoms with Gasteiger partial charge in [-0.15, -0.1) is 10.2 Å². The van der Waals surface area contributed by atoms with Gasteiger partial charge in [-0.2, -0.15) is 0 Å². The minimum Gasteiger partial charge on any atom is -0.355 e. The second-order valence-electron chi connectivity index (χ2n) is 6.72. The third-order valence-corrected chi connectivity index (χ3v) is 4.48. The molecule has 1 N–H and O–H groups in total. The van der Waals surface area contributed by atoms with Gasteiger partial charge in [0.25, 0.3) is 5.56 Å². The highest BCUT2D eigenvalue weighted by molar-refractivity contribution is 5.92. The van der Waals surface area contributed by atoms with Gasteiger partial charge in [0.15, 0.2) is 5.82 Å². The number of hydrogen-bond acceptors (Lipinski definition) is 5. The summed E-state index contributed by atoms with van der Waals surface area (Å²) < 4.78 is 3.51. The third kappa shape index (κ3) is 3.08. The van der Waals surface area contributed by atoms with Gasteiger partial charge in [0.05, 0.1) is 22.9 Å². The topological polar surface area (TPSA) is 77.6 Å². The second-order valence-corrected chi connectivity index (χ2v) is 6.72. The van der Waals surface area contributed by atoms with Gasteiger partial charge < -0.3 is 14.5 Å². The molecule has 4 aromatic rings. The number of fused-ring (bicyclic) bond motifs is 1. The summed E-state index contributed by atoms with van der Waals surface area (Å²) in [6, 6.07) is 13.8. The number of nitrogens with one attached hydrogen (secondary N) is 1. The smallest absolute Gasteiger partial charge is 0.263 e. The first-order valence-corrected chi connectivity index (χ1v) is 8.76. The largest absolute Gasteiger partial charge is 0.355 e. The van der Waals surface area contributed by atoms with Crippen LogP contribution < -0.4 is 10.9 Å². The van der Waals surface area contributed by atoms with Gasteiger partial charge >= 0.3 is 0 Å². The molecule has 0 radical (unpaired) electrons. The van der Waals surface area contributed by atoms with E-state index in [1.807, 2.05) is 47.0 Å². The van der Waals surface area contributed by atoms with Crippen LogP contribution in [0.3, 0.4) is 0 Å². The highest BCUT2D eigenvalue weighted by Gasteiger charge is 2.12. The fourth-order valence-corrected chi connectivity index (χ4v) is 3.07. The molecule has 0 aliphatic carbocycles. The molecule has 2 aromatic heterocycles. The number of nitrogens with zero attached hydrogens (tertiary/aromatic N) is 5. The van der Waals surface area contributed by atoms with Crippen LogP contribution in [0.4, 0.5) is 11.4 Å². The van der Waals surface area contributed by atoms with Gasteiger partial charge in [0.2, 0.25) is 0 Å². The lowest BCUT2D eigenvalue weighted by Crippen LogP contribution is -2.17. The molecule has 0 saturated heterocycles. The predicted molar refractivity (Wildman–Crippen MR) is 106 cm³/mol. The van der Waals surface area contributed by atoms with E-state index in [-0.39, 0.29) is 11.6 Å². The molecule has 0 aliphatic rings. The maximum absolute atomic E-state index is 12.6. The van der Waals surface area contributed by atoms with E-state index in [4.69, 9.17) is 0 Å². The summed E-state index contributed by atoms with van der Waals surface area (Å²) >= 11 is 0. The van der Waals surface area contributed by atoms with E-state index in [9.17, 15) is 4.79 Å². The Morgan fingerprint density at radius 1 is 1.07 bits per heavy atom. The first-order chi connectivity index (χ1) is 13.0. The zero-order valence-corrected chi connectivity index (χ0v) is 15.4. The number of hydrogen-bond donors (Lipinski definition) is 1. The average molecular weight is 360 g/mol. The van der Waals surface area contributed by atoms with Crippen molar-refractivity contribution in [1.82, 2.24) is 24.3 Å². The number of benzene rings is 2. The molecule has 7 nitrogen and oxygen atoms in total. The summed E-state index contributed by atoms with van der Waals surface area (Å²) in [5.41, 5.74) is 3.13. The van der Waals surface area contributed by atoms with Crippen molar-refractivity contribution >= 4 is 22.3 Å². The molecule has 0 aliphatic heterocycles. The molecule has 0 unspecified atom stereocenters. The molecule has 2 heterocycles. The number of anilines is 2. The standard InChI is InChI=1S/C20H20N6O/c1-13(2)26-12-22-24-19(26)14-6-4-7-15(10-14)23-17-9-5-8-16-18(17)20(27)25(3)11-21-16/h4-13,23H,1-3H3. The fraction of sp³-hybridized carbons (Fsp3) is 0.200. The minimum absolute atomic E-state index is 0.0844. The van der Waals surface area contributed by atoms with Crippen LogP contribution in [0, 0.1) is 0 Å². The predicted octanol–water partition coefficient (Wildman–Crippen LogP) is 3.52. The molecule has 0 amide bonds. The number of rotatable bonds is 4. The van der Waals surface area contributed by atoms with Gasteiger partial charge in [-0.1, -0.05) is 18.2 Å². The van der Waals surface area contributed by atoms with Crippen LogP contribution in [0.2, 0.25) is 0 Å². The van der Waals surface area contributed by atoms with Gasteiger partial charge in [-0.3, -0.25) is 4.79 Å². The first-order valence-electron chi connectivity index (χ1n) is 8.76. The van der Waals surface area contributed by atoms with Crippen molar-refractivity contribution in [2.24, 2.45) is 7.05 Å². The monoisotopic (exact) mass is 360 g/mol. The highest BCUT2D eigenvalue weighted by atomic mass is 16.1. The molecule has 27 heavy (non-hydrogen) atoms. The lowest BCUT2D eigenvalue weighted by molar-refractivity contribution is 0.604. The normalized spacial score (nSPS) is 11.3. The van der Waals surface area contributed by atoms with Crippen LogP contribution in [0.15, 0.2) is 59.9 Å². The summed E-state index contributed by atoms with van der Waals surface area (Å²) in [5, 5.41) is 12.2. The maximum Gasteiger partial charge on any atom is 0.263 e. The van der Waals surface area contributed by atoms with Crippen LogP contribution >= 0.6 is 0 Å². The van der Waals surface area contributed by atoms with Crippen LogP contribution in [-0.2, 0) is 7.05 Å². The van der Waals surface area contributed by atoms with E-state index < -0.39 is 0 Å². The Morgan fingerprint density at radius 3 is 2.70 bits per heavy atom. The molecule has 0 saturated carbocycles. The minimum atomic E-state index is -0.0844. The molecule has 2 aromatic carbocycles. The van der Waals surface area contributed by atoms with Crippen LogP contribution in [-0.4, -0.2) is 24.3 Å². The van der Waals surface area contributed by atoms with Crippen molar-refractivity contribution < 1.29 is 0 Å². The van der Waals surface area contributed by atoms with Crippen molar-refractivity contribution in [3.63, 3.8) is 0 Å². The maximum atomic E-state index is 12.6. The molecule has 4 rings (SSSR count). The van der Waals surface area contributed by atoms with Crippen molar-refractivity contribution in [1.29, 1.82) is 0 Å². The Kier molecular flexibility index (Phi) is 4.19. The Bertz CT molecular complexity index is 1170. The molecule has 7 heteroatoms. The number of aromatic nitrogens is 5. The lowest BCUT2D eigenvalue weighted by atomic mass is 10.1. The number of aryl methyl sites for hydroxylation is 1. The van der Waals surface area contributed by atoms with Crippen molar-refractivity contribution in [2.75, 3.05) is 5.32 Å². The highest BCUT2D eigenvalue weighted by Crippen LogP contribution is 2.27. The molecule has 0 fully saturated rings. The van der Waals surface area contributed by atoms with E-state index >= 15 is 0 Å². The first kappa shape index (κ1) is 17.0. The molecule has 0 atom stereocenters. The van der Waals surface area contributed by atoms with Gasteiger partial charge in [0.1, 0.15) is 6.33 Å². The van der Waals surface area contributed by atoms with E-state index in [2.05, 4.69) is 34.3 Å². The van der Waals surface area contributed by atoms with E-state index in [0.29, 0.717) is 10.9 Å². The van der Waals surface area contributed by atoms with Crippen LogP contribution in [0.5, 0.6) is 0 Å². The Balaban J connectivity index is 1.77. The second kappa shape index (κ2) is 6.68. The third-order valence-electron chi connectivity index (χ3n) is 4.48. The van der Waals surface area contributed by atoms with E-state index in [1.54, 1.807) is 13.4 Å². The molecule has 0 spiro atoms. The van der Waals surface area contributed by atoms with Crippen molar-refractivity contribution in [3.05, 3.63) is 65.5 Å². The van der Waals surface area contributed by atoms with E-state index in [0.717, 1.165) is 22.8 Å². The molecule has 0 bridgehead atoms. The zero-order chi connectivity index (χ0) is 19.0. The SMILES string of the molecule is CC(C)n1cnnc1-c1cccc(Nc2cccc3ncn(C)c(=O)c23)c1. The average Bonchev–Trinajstić information content (AvgIpc) is 3.15. The van der Waals surface area contributed by atoms with Gasteiger partial charge in [-0.25, -0.2) is 4.98 Å². The van der Waals surface area contributed by atoms with Gasteiger partial charge in [-0.05, 0) is 38.1 Å². The van der Waals surface area contributed by atoms with Crippen LogP contribution in [0.25, 0.3) is 22.3 Å². The zero-order valence-electron chi connectivity index (χ0n) is 15.4. The Morgan fingerprint density at radius 2 is 1.89 bits per heavy atom. The Hall–Kier alpha value is -3.48. The summed E-state index contributed by atoms with van der Waals surface area (Å²) in [4.78, 5) is 16.9. The van der Waals surface area contributed by atoms with E-state index in [1.165, 1.54) is 10.9 Å². The molecular weight excluding hydrogens is 340 g/mol. The van der Waals surface area contributed by atoms with Crippen molar-refractivity contribution in [2.45, 2.75) is 19.9 Å². The molecular formula is C20H20N6O. The summed E-state index contributed by atoms with van der Waals surface area (Å²) in [7, 11) is 1.70. The molecule has 136 valence electrons. The summed E-state index contributed by atoms with van der Waals surface area (Å²) in [6.07, 6.45) is 3.27. The van der Waals surface area contributed by atoms with Crippen LogP contribution in [0.1, 0.15) is 19.9 Å². The van der Waals surface area contributed by atoms with Gasteiger partial charge in [0, 0.05) is 24.3 Å². The fourth-order valence-electron chi connectivity index (χ4n) is 3.07.